The Labute approximate surface area is 432 Å². The van der Waals surface area contributed by atoms with Crippen molar-refractivity contribution in [2.24, 2.45) is 10.8 Å². The Morgan fingerprint density at radius 3 is 1.58 bits per heavy atom. The molecule has 3 N–H and O–H groups in total. The zero-order chi connectivity index (χ0) is 51.0. The summed E-state index contributed by atoms with van der Waals surface area (Å²) in [7, 11) is 0. The number of carbonyl (C=O) groups excluding carboxylic acids is 2. The summed E-state index contributed by atoms with van der Waals surface area (Å²) >= 11 is 8.72. The van der Waals surface area contributed by atoms with Crippen molar-refractivity contribution in [1.82, 2.24) is 15.0 Å². The summed E-state index contributed by atoms with van der Waals surface area (Å²) in [5.74, 6) is -1.22. The summed E-state index contributed by atoms with van der Waals surface area (Å²) in [5, 5.41) is 47.3. The van der Waals surface area contributed by atoms with E-state index in [1.54, 1.807) is 36.8 Å². The fourth-order valence-corrected chi connectivity index (χ4v) is 13.8. The highest BCUT2D eigenvalue weighted by molar-refractivity contribution is 7.14. The number of aliphatic hydroxyl groups is 1. The lowest BCUT2D eigenvalue weighted by molar-refractivity contribution is -0.573. The van der Waals surface area contributed by atoms with Crippen LogP contribution in [0.4, 0.5) is 10.3 Å². The third kappa shape index (κ3) is 7.48. The van der Waals surface area contributed by atoms with E-state index in [4.69, 9.17) is 11.6 Å². The maximum atomic E-state index is 13.9. The summed E-state index contributed by atoms with van der Waals surface area (Å²) < 4.78 is 0. The van der Waals surface area contributed by atoms with Crippen molar-refractivity contribution in [3.63, 3.8) is 0 Å². The van der Waals surface area contributed by atoms with Gasteiger partial charge in [-0.2, -0.15) is 0 Å². The van der Waals surface area contributed by atoms with E-state index in [1.807, 2.05) is 134 Å². The molecular weight excluding hydrogens is 982 g/mol. The Morgan fingerprint density at radius 1 is 0.685 bits per heavy atom. The Bertz CT molecular complexity index is 3450. The zero-order valence-electron chi connectivity index (χ0n) is 39.6. The summed E-state index contributed by atoms with van der Waals surface area (Å²) in [4.78, 5) is 66.0. The van der Waals surface area contributed by atoms with Gasteiger partial charge in [-0.05, 0) is 77.9 Å². The maximum Gasteiger partial charge on any atom is 0.273 e. The molecule has 4 bridgehead atoms. The average molecular weight is 1030 g/mol. The molecule has 73 heavy (non-hydrogen) atoms. The standard InChI is InChI=1S/C29H24ClN3O3S.C27H22N4O4S/c1-17-13-18(11-12-24(17)30)14-19-15-37-27(31-19)32-26(34)28(2)16-29(33(35)36)22-9-5-3-7-20(22)25(28)21-8-4-6-10-23(21)29;1-26(24(33)30-25-29-21(14-36-25)23(32)16-10-12-28-13-11-16)15-27(31(34)35)19-8-4-2-6-17(19)22(26)18-7-3-5-9-20(18)27/h3-13,15,25H,14,16H2,1-2H3,(H,31,32,34);2-14,22-23,32H,15H2,1H3,(H,29,30,33). The molecule has 0 spiro atoms. The normalized spacial score (nSPS) is 23.8. The van der Waals surface area contributed by atoms with Crippen molar-refractivity contribution in [2.75, 3.05) is 10.6 Å². The van der Waals surface area contributed by atoms with Gasteiger partial charge in [0.2, 0.25) is 11.8 Å². The van der Waals surface area contributed by atoms with Crippen molar-refractivity contribution in [3.05, 3.63) is 248 Å². The fourth-order valence-electron chi connectivity index (χ4n) is 12.2. The molecule has 366 valence electrons. The molecule has 8 aromatic rings. The largest absolute Gasteiger partial charge is 0.382 e. The Hall–Kier alpha value is -7.50. The number of aryl methyl sites for hydroxylation is 1. The number of aromatic nitrogens is 3. The van der Waals surface area contributed by atoms with Gasteiger partial charge < -0.3 is 15.7 Å². The Kier molecular flexibility index (Phi) is 11.7. The summed E-state index contributed by atoms with van der Waals surface area (Å²) in [6, 6.07) is 39.0. The highest BCUT2D eigenvalue weighted by Gasteiger charge is 2.68. The molecule has 0 aliphatic heterocycles. The van der Waals surface area contributed by atoms with Crippen LogP contribution in [-0.2, 0) is 27.1 Å². The van der Waals surface area contributed by atoms with E-state index in [-0.39, 0.29) is 46.3 Å². The van der Waals surface area contributed by atoms with Crippen LogP contribution in [0.1, 0.15) is 117 Å². The number of pyridine rings is 1. The predicted molar refractivity (Wildman–Crippen MR) is 279 cm³/mol. The third-order valence-electron chi connectivity index (χ3n) is 15.5. The highest BCUT2D eigenvalue weighted by atomic mass is 35.5. The number of hydrogen-bond donors (Lipinski definition) is 3. The number of nitrogens with zero attached hydrogens (tertiary/aromatic N) is 5. The first-order valence-corrected chi connectivity index (χ1v) is 25.8. The molecule has 14 rings (SSSR count). The van der Waals surface area contributed by atoms with E-state index in [2.05, 4.69) is 25.6 Å². The number of benzene rings is 5. The minimum absolute atomic E-state index is 0.0371. The summed E-state index contributed by atoms with van der Waals surface area (Å²) in [6.07, 6.45) is 2.97. The molecule has 6 aliphatic rings. The lowest BCUT2D eigenvalue weighted by Crippen LogP contribution is -2.57. The molecule has 5 aromatic carbocycles. The van der Waals surface area contributed by atoms with Crippen LogP contribution in [0.3, 0.4) is 0 Å². The number of fused-ring (bicyclic) bond motifs is 2. The second-order valence-electron chi connectivity index (χ2n) is 19.7. The van der Waals surface area contributed by atoms with Gasteiger partial charge in [-0.25, -0.2) is 9.97 Å². The number of nitro groups is 2. The fraction of sp³-hybridized carbons (Fsp3) is 0.232. The molecule has 14 nitrogen and oxygen atoms in total. The molecule has 3 unspecified atom stereocenters. The molecule has 3 atom stereocenters. The highest BCUT2D eigenvalue weighted by Crippen LogP contribution is 2.65. The first-order chi connectivity index (χ1) is 35.1. The molecule has 2 amide bonds. The first-order valence-electron chi connectivity index (χ1n) is 23.6. The number of anilines is 2. The Balaban J connectivity index is 0.000000157. The predicted octanol–water partition coefficient (Wildman–Crippen LogP) is 11.3. The van der Waals surface area contributed by atoms with Crippen molar-refractivity contribution in [1.29, 1.82) is 0 Å². The topological polar surface area (TPSA) is 203 Å². The smallest absolute Gasteiger partial charge is 0.273 e. The monoisotopic (exact) mass is 1030 g/mol. The van der Waals surface area contributed by atoms with Gasteiger partial charge in [-0.15, -0.1) is 22.7 Å². The molecule has 17 heteroatoms. The van der Waals surface area contributed by atoms with Gasteiger partial charge in [0.25, 0.3) is 11.1 Å². The minimum Gasteiger partial charge on any atom is -0.382 e. The SMILES string of the molecule is CC1(C(=O)Nc2nc(C(O)c3ccncc3)cs2)CC2([N+](=O)[O-])c3ccccc3C1c1ccccc12.Cc1cc(Cc2csc(NC(=O)C3(C)CC4([N+](=O)[O-])c5ccccc5C3c3ccccc34)n2)ccc1Cl. The Morgan fingerprint density at radius 2 is 1.12 bits per heavy atom. The molecule has 0 radical (unpaired) electrons. The van der Waals surface area contributed by atoms with Crippen LogP contribution in [0.25, 0.3) is 0 Å². The quantitative estimate of drug-likeness (QED) is 0.0873. The second kappa shape index (κ2) is 17.9. The molecule has 6 aliphatic carbocycles. The van der Waals surface area contributed by atoms with Crippen LogP contribution < -0.4 is 10.6 Å². The van der Waals surface area contributed by atoms with Gasteiger partial charge in [0.05, 0.1) is 22.2 Å². The summed E-state index contributed by atoms with van der Waals surface area (Å²) in [6.45, 7) is 5.62. The molecule has 3 heterocycles. The maximum absolute atomic E-state index is 13.9. The molecule has 0 fully saturated rings. The molecule has 0 saturated heterocycles. The van der Waals surface area contributed by atoms with Crippen LogP contribution in [0.15, 0.2) is 151 Å². The lowest BCUT2D eigenvalue weighted by Gasteiger charge is -2.52. The first kappa shape index (κ1) is 47.8. The lowest BCUT2D eigenvalue weighted by atomic mass is 9.49. The number of rotatable bonds is 10. The number of carbonyl (C=O) groups is 2. The second-order valence-corrected chi connectivity index (χ2v) is 21.8. The minimum atomic E-state index is -1.51. The van der Waals surface area contributed by atoms with E-state index in [0.717, 1.165) is 44.1 Å². The number of aliphatic hydroxyl groups excluding tert-OH is 1. The van der Waals surface area contributed by atoms with Crippen molar-refractivity contribution >= 4 is 56.4 Å². The van der Waals surface area contributed by atoms with Crippen molar-refractivity contribution in [3.8, 4) is 0 Å². The number of halogens is 1. The molecule has 0 saturated carbocycles. The van der Waals surface area contributed by atoms with E-state index < -0.39 is 28.0 Å². The van der Waals surface area contributed by atoms with Crippen LogP contribution in [0.5, 0.6) is 0 Å². The van der Waals surface area contributed by atoms with Crippen LogP contribution >= 0.6 is 34.3 Å². The van der Waals surface area contributed by atoms with E-state index in [9.17, 15) is 34.9 Å². The van der Waals surface area contributed by atoms with Crippen molar-refractivity contribution < 1.29 is 24.5 Å². The van der Waals surface area contributed by atoms with Crippen LogP contribution in [-0.4, -0.2) is 41.7 Å². The van der Waals surface area contributed by atoms with Crippen LogP contribution in [0.2, 0.25) is 5.02 Å². The summed E-state index contributed by atoms with van der Waals surface area (Å²) in [5.41, 5.74) is 4.86. The molecule has 3 aromatic heterocycles. The zero-order valence-corrected chi connectivity index (χ0v) is 42.0. The number of nitrogens with one attached hydrogen (secondary N) is 2. The van der Waals surface area contributed by atoms with Gasteiger partial charge in [-0.1, -0.05) is 121 Å². The van der Waals surface area contributed by atoms with Gasteiger partial charge >= 0.3 is 0 Å². The van der Waals surface area contributed by atoms with Gasteiger partial charge in [-0.3, -0.25) is 34.8 Å². The third-order valence-corrected chi connectivity index (χ3v) is 17.5. The average Bonchev–Trinajstić information content (AvgIpc) is 4.07. The number of thiazole rings is 2. The van der Waals surface area contributed by atoms with E-state index in [1.165, 1.54) is 22.7 Å². The number of hydrogen-bond acceptors (Lipinski definition) is 12. The van der Waals surface area contributed by atoms with Crippen LogP contribution in [0, 0.1) is 38.0 Å². The van der Waals surface area contributed by atoms with E-state index in [0.29, 0.717) is 50.2 Å². The molecular formula is C56H46ClN7O7S2. The number of amides is 2. The van der Waals surface area contributed by atoms with Gasteiger partial charge in [0, 0.05) is 91.4 Å². The van der Waals surface area contributed by atoms with E-state index >= 15 is 0 Å². The van der Waals surface area contributed by atoms with Gasteiger partial charge in [0.1, 0.15) is 6.10 Å². The van der Waals surface area contributed by atoms with Gasteiger partial charge in [0.15, 0.2) is 10.3 Å². The van der Waals surface area contributed by atoms with Crippen molar-refractivity contribution in [2.45, 2.75) is 69.1 Å².